The molecule has 1 aromatic carbocycles. The van der Waals surface area contributed by atoms with Crippen LogP contribution in [-0.4, -0.2) is 70.5 Å². The maximum Gasteiger partial charge on any atom is 0.271 e. The Morgan fingerprint density at radius 3 is 2.61 bits per heavy atom. The van der Waals surface area contributed by atoms with E-state index in [9.17, 15) is 9.59 Å². The molecule has 7 heteroatoms. The molecule has 0 unspecified atom stereocenters. The number of rotatable bonds is 7. The van der Waals surface area contributed by atoms with Crippen LogP contribution in [0.15, 0.2) is 24.3 Å². The second-order valence-corrected chi connectivity index (χ2v) is 11.3. The van der Waals surface area contributed by atoms with Gasteiger partial charge in [0.2, 0.25) is 5.91 Å². The Labute approximate surface area is 215 Å². The SMILES string of the molecule is COc1ccc2cc3n(c2c1)C[C@](C)(C(=O)NC1CCCCC1)N(CCCN1CCCC[C@@H]1C)C3=O. The molecule has 2 aliphatic heterocycles. The number of methoxy groups -OCH3 is 1. The fourth-order valence-corrected chi connectivity index (χ4v) is 6.52. The predicted molar refractivity (Wildman–Crippen MR) is 142 cm³/mol. The van der Waals surface area contributed by atoms with Gasteiger partial charge < -0.3 is 24.4 Å². The van der Waals surface area contributed by atoms with E-state index in [1.807, 2.05) is 40.7 Å². The minimum absolute atomic E-state index is 0.0236. The third-order valence-electron chi connectivity index (χ3n) is 8.83. The van der Waals surface area contributed by atoms with E-state index >= 15 is 0 Å². The van der Waals surface area contributed by atoms with E-state index in [4.69, 9.17) is 4.74 Å². The van der Waals surface area contributed by atoms with Crippen LogP contribution in [0.2, 0.25) is 0 Å². The molecule has 2 fully saturated rings. The summed E-state index contributed by atoms with van der Waals surface area (Å²) in [5.74, 6) is 0.677. The van der Waals surface area contributed by atoms with Gasteiger partial charge in [0.25, 0.3) is 5.91 Å². The van der Waals surface area contributed by atoms with Crippen LogP contribution >= 0.6 is 0 Å². The average Bonchev–Trinajstić information content (AvgIpc) is 3.25. The number of likely N-dealkylation sites (tertiary alicyclic amines) is 1. The lowest BCUT2D eigenvalue weighted by Crippen LogP contribution is -2.65. The van der Waals surface area contributed by atoms with Crippen molar-refractivity contribution in [3.8, 4) is 5.75 Å². The van der Waals surface area contributed by atoms with E-state index in [0.29, 0.717) is 24.8 Å². The molecule has 2 amide bonds. The summed E-state index contributed by atoms with van der Waals surface area (Å²) in [6, 6.07) is 8.65. The number of fused-ring (bicyclic) bond motifs is 3. The standard InChI is InChI=1S/C29H42N4O3/c1-21-10-7-8-15-31(21)16-9-17-33-27(34)26-18-22-13-14-24(36-3)19-25(22)32(26)20-29(33,2)28(35)30-23-11-5-4-6-12-23/h13-14,18-19,21,23H,4-12,15-17,20H2,1-3H3,(H,30,35)/t21-,29+/m0/s1. The van der Waals surface area contributed by atoms with Crippen LogP contribution in [0.3, 0.4) is 0 Å². The fraction of sp³-hybridized carbons (Fsp3) is 0.655. The van der Waals surface area contributed by atoms with Gasteiger partial charge >= 0.3 is 0 Å². The molecule has 36 heavy (non-hydrogen) atoms. The third kappa shape index (κ3) is 4.74. The number of carbonyl (C=O) groups excluding carboxylic acids is 2. The van der Waals surface area contributed by atoms with E-state index in [1.165, 1.54) is 25.7 Å². The molecule has 0 bridgehead atoms. The van der Waals surface area contributed by atoms with Gasteiger partial charge in [-0.05, 0) is 70.7 Å². The van der Waals surface area contributed by atoms with Crippen LogP contribution in [0.1, 0.15) is 82.1 Å². The first-order valence-corrected chi connectivity index (χ1v) is 13.9. The van der Waals surface area contributed by atoms with Gasteiger partial charge in [0.1, 0.15) is 17.0 Å². The van der Waals surface area contributed by atoms with E-state index < -0.39 is 5.54 Å². The summed E-state index contributed by atoms with van der Waals surface area (Å²) in [7, 11) is 1.65. The Balaban J connectivity index is 1.43. The van der Waals surface area contributed by atoms with Gasteiger partial charge in [-0.2, -0.15) is 0 Å². The van der Waals surface area contributed by atoms with Gasteiger partial charge in [0.05, 0.1) is 19.2 Å². The summed E-state index contributed by atoms with van der Waals surface area (Å²) in [6.45, 7) is 7.39. The van der Waals surface area contributed by atoms with Crippen LogP contribution < -0.4 is 10.1 Å². The average molecular weight is 495 g/mol. The van der Waals surface area contributed by atoms with Crippen molar-refractivity contribution in [1.29, 1.82) is 0 Å². The number of amides is 2. The zero-order valence-corrected chi connectivity index (χ0v) is 22.2. The second-order valence-electron chi connectivity index (χ2n) is 11.3. The van der Waals surface area contributed by atoms with Crippen molar-refractivity contribution in [3.05, 3.63) is 30.0 Å². The van der Waals surface area contributed by atoms with Crippen LogP contribution in [0.25, 0.3) is 10.9 Å². The van der Waals surface area contributed by atoms with E-state index in [0.717, 1.165) is 61.8 Å². The quantitative estimate of drug-likeness (QED) is 0.612. The topological polar surface area (TPSA) is 66.8 Å². The van der Waals surface area contributed by atoms with E-state index in [1.54, 1.807) is 7.11 Å². The van der Waals surface area contributed by atoms with Crippen LogP contribution in [0.4, 0.5) is 0 Å². The van der Waals surface area contributed by atoms with Gasteiger partial charge in [-0.15, -0.1) is 0 Å². The first-order valence-electron chi connectivity index (χ1n) is 13.9. The highest BCUT2D eigenvalue weighted by molar-refractivity contribution is 6.03. The zero-order valence-electron chi connectivity index (χ0n) is 22.2. The molecule has 2 aromatic rings. The summed E-state index contributed by atoms with van der Waals surface area (Å²) < 4.78 is 7.49. The molecule has 1 saturated heterocycles. The van der Waals surface area contributed by atoms with Crippen molar-refractivity contribution in [2.45, 2.75) is 95.8 Å². The van der Waals surface area contributed by atoms with Crippen molar-refractivity contribution in [2.75, 3.05) is 26.7 Å². The Hall–Kier alpha value is -2.54. The monoisotopic (exact) mass is 494 g/mol. The van der Waals surface area contributed by atoms with Gasteiger partial charge in [-0.25, -0.2) is 0 Å². The largest absolute Gasteiger partial charge is 0.497 e. The van der Waals surface area contributed by atoms with Crippen LogP contribution in [0, 0.1) is 0 Å². The molecule has 0 spiro atoms. The third-order valence-corrected chi connectivity index (χ3v) is 8.83. The Kier molecular flexibility index (Phi) is 7.29. The lowest BCUT2D eigenvalue weighted by molar-refractivity contribution is -0.133. The molecular weight excluding hydrogens is 452 g/mol. The smallest absolute Gasteiger partial charge is 0.271 e. The number of nitrogens with one attached hydrogen (secondary N) is 1. The minimum atomic E-state index is -0.940. The normalized spacial score (nSPS) is 25.7. The maximum absolute atomic E-state index is 14.0. The number of benzene rings is 1. The molecule has 2 atom stereocenters. The Bertz CT molecular complexity index is 1110. The highest BCUT2D eigenvalue weighted by Crippen LogP contribution is 2.34. The zero-order chi connectivity index (χ0) is 25.3. The number of carbonyl (C=O) groups is 2. The molecule has 3 heterocycles. The summed E-state index contributed by atoms with van der Waals surface area (Å²) in [5.41, 5.74) is 0.660. The van der Waals surface area contributed by atoms with Crippen molar-refractivity contribution in [2.24, 2.45) is 0 Å². The minimum Gasteiger partial charge on any atom is -0.497 e. The summed E-state index contributed by atoms with van der Waals surface area (Å²) >= 11 is 0. The first-order chi connectivity index (χ1) is 17.4. The number of ether oxygens (including phenoxy) is 1. The molecule has 3 aliphatic rings. The molecule has 1 aliphatic carbocycles. The van der Waals surface area contributed by atoms with Crippen LogP contribution in [0.5, 0.6) is 5.75 Å². The number of nitrogens with zero attached hydrogens (tertiary/aromatic N) is 3. The Morgan fingerprint density at radius 2 is 1.86 bits per heavy atom. The van der Waals surface area contributed by atoms with Gasteiger partial charge in [0.15, 0.2) is 0 Å². The summed E-state index contributed by atoms with van der Waals surface area (Å²) in [5, 5.41) is 4.34. The first kappa shape index (κ1) is 25.1. The van der Waals surface area contributed by atoms with Crippen molar-refractivity contribution >= 4 is 22.7 Å². The van der Waals surface area contributed by atoms with E-state index in [2.05, 4.69) is 17.1 Å². The second kappa shape index (κ2) is 10.4. The number of piperidine rings is 1. The van der Waals surface area contributed by atoms with Crippen LogP contribution in [-0.2, 0) is 11.3 Å². The van der Waals surface area contributed by atoms with Gasteiger partial charge in [-0.3, -0.25) is 9.59 Å². The van der Waals surface area contributed by atoms with E-state index in [-0.39, 0.29) is 17.9 Å². The molecule has 0 radical (unpaired) electrons. The van der Waals surface area contributed by atoms with Crippen molar-refractivity contribution < 1.29 is 14.3 Å². The predicted octanol–water partition coefficient (Wildman–Crippen LogP) is 4.58. The highest BCUT2D eigenvalue weighted by atomic mass is 16.5. The summed E-state index contributed by atoms with van der Waals surface area (Å²) in [6.07, 6.45) is 10.3. The maximum atomic E-state index is 14.0. The van der Waals surface area contributed by atoms with Gasteiger partial charge in [-0.1, -0.05) is 25.7 Å². The highest BCUT2D eigenvalue weighted by Gasteiger charge is 2.48. The summed E-state index contributed by atoms with van der Waals surface area (Å²) in [4.78, 5) is 32.3. The molecule has 1 saturated carbocycles. The number of aromatic nitrogens is 1. The molecular formula is C29H42N4O3. The molecule has 7 nitrogen and oxygen atoms in total. The van der Waals surface area contributed by atoms with Crippen molar-refractivity contribution in [3.63, 3.8) is 0 Å². The molecule has 5 rings (SSSR count). The fourth-order valence-electron chi connectivity index (χ4n) is 6.52. The molecule has 1 aromatic heterocycles. The number of hydrogen-bond acceptors (Lipinski definition) is 4. The van der Waals surface area contributed by atoms with Gasteiger partial charge in [0, 0.05) is 36.6 Å². The lowest BCUT2D eigenvalue weighted by Gasteiger charge is -2.45. The lowest BCUT2D eigenvalue weighted by atomic mass is 9.91. The molecule has 196 valence electrons. The Morgan fingerprint density at radius 1 is 1.08 bits per heavy atom. The van der Waals surface area contributed by atoms with Crippen molar-refractivity contribution in [1.82, 2.24) is 19.7 Å². The molecule has 1 N–H and O–H groups in total. The number of hydrogen-bond donors (Lipinski definition) is 1.